The Morgan fingerprint density at radius 1 is 1.38 bits per heavy atom. The molecule has 0 spiro atoms. The smallest absolute Gasteiger partial charge is 0.326 e. The van der Waals surface area contributed by atoms with Gasteiger partial charge < -0.3 is 15.3 Å². The van der Waals surface area contributed by atoms with Crippen LogP contribution in [-0.2, 0) is 4.79 Å². The van der Waals surface area contributed by atoms with Crippen LogP contribution in [0.2, 0.25) is 0 Å². The third-order valence-corrected chi connectivity index (χ3v) is 3.50. The van der Waals surface area contributed by atoms with Crippen molar-refractivity contribution in [1.29, 1.82) is 0 Å². The number of hydrogen-bond donors (Lipinski definition) is 2. The summed E-state index contributed by atoms with van der Waals surface area (Å²) >= 11 is 0. The number of likely N-dealkylation sites (tertiary alicyclic amines) is 1. The zero-order chi connectivity index (χ0) is 11.7. The number of carbonyl (C=O) groups excluding carboxylic acids is 1. The summed E-state index contributed by atoms with van der Waals surface area (Å²) in [7, 11) is 0. The van der Waals surface area contributed by atoms with E-state index in [0.717, 1.165) is 19.3 Å². The van der Waals surface area contributed by atoms with E-state index in [-0.39, 0.29) is 12.1 Å². The van der Waals surface area contributed by atoms with E-state index in [2.05, 4.69) is 12.2 Å². The van der Waals surface area contributed by atoms with Crippen molar-refractivity contribution in [2.45, 2.75) is 44.7 Å². The molecule has 2 amide bonds. The van der Waals surface area contributed by atoms with Gasteiger partial charge in [-0.2, -0.15) is 0 Å². The van der Waals surface area contributed by atoms with Crippen LogP contribution in [0.15, 0.2) is 0 Å². The molecular weight excluding hydrogens is 208 g/mol. The number of nitrogens with zero attached hydrogens (tertiary/aromatic N) is 1. The number of amides is 2. The van der Waals surface area contributed by atoms with Gasteiger partial charge in [-0.25, -0.2) is 9.59 Å². The first-order valence-electron chi connectivity index (χ1n) is 5.88. The molecular formula is C11H18N2O3. The van der Waals surface area contributed by atoms with E-state index in [4.69, 9.17) is 5.11 Å². The lowest BCUT2D eigenvalue weighted by molar-refractivity contribution is -0.141. The van der Waals surface area contributed by atoms with Crippen LogP contribution in [-0.4, -0.2) is 40.6 Å². The molecule has 5 nitrogen and oxygen atoms in total. The minimum Gasteiger partial charge on any atom is -0.480 e. The maximum absolute atomic E-state index is 11.8. The minimum absolute atomic E-state index is 0.207. The van der Waals surface area contributed by atoms with Crippen molar-refractivity contribution in [3.63, 3.8) is 0 Å². The maximum atomic E-state index is 11.8. The Morgan fingerprint density at radius 2 is 2.06 bits per heavy atom. The van der Waals surface area contributed by atoms with Gasteiger partial charge in [0.25, 0.3) is 0 Å². The lowest BCUT2D eigenvalue weighted by atomic mass is 9.82. The number of carboxylic acid groups (broad SMARTS) is 1. The fourth-order valence-corrected chi connectivity index (χ4v) is 2.54. The summed E-state index contributed by atoms with van der Waals surface area (Å²) in [5, 5.41) is 11.9. The van der Waals surface area contributed by atoms with E-state index in [1.54, 1.807) is 0 Å². The molecule has 0 radical (unpaired) electrons. The highest BCUT2D eigenvalue weighted by atomic mass is 16.4. The van der Waals surface area contributed by atoms with Crippen LogP contribution < -0.4 is 5.32 Å². The van der Waals surface area contributed by atoms with E-state index in [9.17, 15) is 9.59 Å². The van der Waals surface area contributed by atoms with Crippen LogP contribution in [0, 0.1) is 5.92 Å². The molecule has 90 valence electrons. The second-order valence-electron chi connectivity index (χ2n) is 4.91. The highest BCUT2D eigenvalue weighted by molar-refractivity contribution is 5.83. The fourth-order valence-electron chi connectivity index (χ4n) is 2.54. The number of nitrogens with one attached hydrogen (secondary N) is 1. The summed E-state index contributed by atoms with van der Waals surface area (Å²) in [4.78, 5) is 24.2. The van der Waals surface area contributed by atoms with Gasteiger partial charge in [0, 0.05) is 12.6 Å². The number of carbonyl (C=O) groups is 2. The van der Waals surface area contributed by atoms with E-state index in [1.165, 1.54) is 4.90 Å². The summed E-state index contributed by atoms with van der Waals surface area (Å²) in [6.45, 7) is 2.71. The van der Waals surface area contributed by atoms with Crippen molar-refractivity contribution in [2.75, 3.05) is 6.54 Å². The second kappa shape index (κ2) is 4.31. The zero-order valence-corrected chi connectivity index (χ0v) is 9.48. The first-order chi connectivity index (χ1) is 7.58. The summed E-state index contributed by atoms with van der Waals surface area (Å²) in [6.07, 6.45) is 3.38. The van der Waals surface area contributed by atoms with Gasteiger partial charge in [0.05, 0.1) is 0 Å². The highest BCUT2D eigenvalue weighted by Gasteiger charge is 2.36. The second-order valence-corrected chi connectivity index (χ2v) is 4.91. The van der Waals surface area contributed by atoms with E-state index >= 15 is 0 Å². The van der Waals surface area contributed by atoms with Crippen LogP contribution in [0.3, 0.4) is 0 Å². The van der Waals surface area contributed by atoms with Gasteiger partial charge in [0.1, 0.15) is 6.04 Å². The Balaban J connectivity index is 1.86. The predicted octanol–water partition coefficient (Wildman–Crippen LogP) is 1.04. The van der Waals surface area contributed by atoms with Crippen molar-refractivity contribution in [3.8, 4) is 0 Å². The molecule has 16 heavy (non-hydrogen) atoms. The van der Waals surface area contributed by atoms with Gasteiger partial charge in [0.15, 0.2) is 0 Å². The summed E-state index contributed by atoms with van der Waals surface area (Å²) < 4.78 is 0. The van der Waals surface area contributed by atoms with Crippen molar-refractivity contribution in [2.24, 2.45) is 5.92 Å². The number of aliphatic carboxylic acids is 1. The Kier molecular flexibility index (Phi) is 3.03. The van der Waals surface area contributed by atoms with Crippen LogP contribution in [0.25, 0.3) is 0 Å². The van der Waals surface area contributed by atoms with Crippen LogP contribution in [0.4, 0.5) is 4.79 Å². The molecule has 1 heterocycles. The molecule has 0 aromatic rings. The van der Waals surface area contributed by atoms with Crippen LogP contribution in [0.5, 0.6) is 0 Å². The summed E-state index contributed by atoms with van der Waals surface area (Å²) in [6, 6.07) is -0.586. The molecule has 5 heteroatoms. The summed E-state index contributed by atoms with van der Waals surface area (Å²) in [5.41, 5.74) is 0. The van der Waals surface area contributed by atoms with Gasteiger partial charge in [-0.1, -0.05) is 6.92 Å². The number of urea groups is 1. The number of hydrogen-bond acceptors (Lipinski definition) is 2. The normalized spacial score (nSPS) is 33.3. The molecule has 2 fully saturated rings. The maximum Gasteiger partial charge on any atom is 0.326 e. The number of carboxylic acids is 1. The molecule has 1 aliphatic heterocycles. The Labute approximate surface area is 94.8 Å². The van der Waals surface area contributed by atoms with Crippen molar-refractivity contribution < 1.29 is 14.7 Å². The SMILES string of the molecule is CC1CC(NC(=O)N2CCC[C@H]2C(=O)O)C1. The third kappa shape index (κ3) is 2.13. The fraction of sp³-hybridized carbons (Fsp3) is 0.818. The average Bonchev–Trinajstić information content (AvgIpc) is 2.63. The topological polar surface area (TPSA) is 69.6 Å². The molecule has 1 saturated carbocycles. The largest absolute Gasteiger partial charge is 0.480 e. The van der Waals surface area contributed by atoms with Crippen LogP contribution >= 0.6 is 0 Å². The molecule has 1 aliphatic carbocycles. The Morgan fingerprint density at radius 3 is 2.62 bits per heavy atom. The van der Waals surface area contributed by atoms with E-state index < -0.39 is 12.0 Å². The van der Waals surface area contributed by atoms with Crippen LogP contribution in [0.1, 0.15) is 32.6 Å². The third-order valence-electron chi connectivity index (χ3n) is 3.50. The van der Waals surface area contributed by atoms with E-state index in [0.29, 0.717) is 18.9 Å². The van der Waals surface area contributed by atoms with Gasteiger partial charge in [-0.3, -0.25) is 0 Å². The lowest BCUT2D eigenvalue weighted by Crippen LogP contribution is -2.52. The molecule has 2 aliphatic rings. The first kappa shape index (κ1) is 11.2. The predicted molar refractivity (Wildman–Crippen MR) is 58.1 cm³/mol. The number of rotatable bonds is 2. The minimum atomic E-state index is -0.894. The van der Waals surface area contributed by atoms with Gasteiger partial charge >= 0.3 is 12.0 Å². The molecule has 0 aromatic heterocycles. The Hall–Kier alpha value is -1.26. The lowest BCUT2D eigenvalue weighted by Gasteiger charge is -2.35. The molecule has 1 atom stereocenters. The molecule has 0 bridgehead atoms. The molecule has 0 unspecified atom stereocenters. The van der Waals surface area contributed by atoms with E-state index in [1.807, 2.05) is 0 Å². The van der Waals surface area contributed by atoms with Crippen molar-refractivity contribution in [1.82, 2.24) is 10.2 Å². The zero-order valence-electron chi connectivity index (χ0n) is 9.48. The van der Waals surface area contributed by atoms with Gasteiger partial charge in [-0.15, -0.1) is 0 Å². The van der Waals surface area contributed by atoms with Gasteiger partial charge in [-0.05, 0) is 31.6 Å². The average molecular weight is 226 g/mol. The van der Waals surface area contributed by atoms with Gasteiger partial charge in [0.2, 0.25) is 0 Å². The molecule has 2 N–H and O–H groups in total. The Bertz CT molecular complexity index is 300. The highest BCUT2D eigenvalue weighted by Crippen LogP contribution is 2.27. The standard InChI is InChI=1S/C11H18N2O3/c1-7-5-8(6-7)12-11(16)13-4-2-3-9(13)10(14)15/h7-9H,2-6H2,1H3,(H,12,16)(H,14,15)/t7?,8?,9-/m0/s1. The molecule has 2 rings (SSSR count). The first-order valence-corrected chi connectivity index (χ1v) is 5.88. The monoisotopic (exact) mass is 226 g/mol. The van der Waals surface area contributed by atoms with Crippen molar-refractivity contribution >= 4 is 12.0 Å². The molecule has 1 saturated heterocycles. The summed E-state index contributed by atoms with van der Waals surface area (Å²) in [5.74, 6) is -0.214. The van der Waals surface area contributed by atoms with Crippen molar-refractivity contribution in [3.05, 3.63) is 0 Å². The quantitative estimate of drug-likeness (QED) is 0.739. The molecule has 0 aromatic carbocycles.